The van der Waals surface area contributed by atoms with Crippen LogP contribution < -0.4 is 5.32 Å². The maximum atomic E-state index is 12.9. The van der Waals surface area contributed by atoms with Gasteiger partial charge >= 0.3 is 0 Å². The predicted octanol–water partition coefficient (Wildman–Crippen LogP) is 3.23. The molecule has 2 rings (SSSR count). The summed E-state index contributed by atoms with van der Waals surface area (Å²) in [6, 6.07) is 4.87. The van der Waals surface area contributed by atoms with E-state index >= 15 is 0 Å². The number of nitrogens with one attached hydrogen (secondary N) is 1. The molecule has 1 aromatic heterocycles. The largest absolute Gasteiger partial charge is 0.507 e. The monoisotopic (exact) mass is 277 g/mol. The molecule has 0 aliphatic rings. The number of carbonyl (C=O) groups is 1. The van der Waals surface area contributed by atoms with Crippen LogP contribution in [0, 0.1) is 19.7 Å². The van der Waals surface area contributed by atoms with Crippen LogP contribution in [0.1, 0.15) is 40.4 Å². The molecule has 2 aromatic rings. The molecule has 2 N–H and O–H groups in total. The fourth-order valence-electron chi connectivity index (χ4n) is 2.13. The summed E-state index contributed by atoms with van der Waals surface area (Å²) in [5, 5.41) is 12.3. The standard InChI is InChI=1S/C15H16FNO3/c1-8-6-13(10(3)20-8)9(2)17-15(19)12-5-4-11(16)7-14(12)18/h4-7,9,18H,1-3H3,(H,17,19). The van der Waals surface area contributed by atoms with Gasteiger partial charge in [0.2, 0.25) is 0 Å². The number of phenols is 1. The molecule has 5 heteroatoms. The average molecular weight is 277 g/mol. The van der Waals surface area contributed by atoms with Crippen molar-refractivity contribution < 1.29 is 18.7 Å². The van der Waals surface area contributed by atoms with Crippen molar-refractivity contribution in [1.82, 2.24) is 5.32 Å². The molecule has 0 aliphatic carbocycles. The lowest BCUT2D eigenvalue weighted by atomic mass is 10.1. The van der Waals surface area contributed by atoms with Gasteiger partial charge in [-0.15, -0.1) is 0 Å². The van der Waals surface area contributed by atoms with Crippen LogP contribution in [0.3, 0.4) is 0 Å². The van der Waals surface area contributed by atoms with Crippen molar-refractivity contribution in [2.75, 3.05) is 0 Å². The van der Waals surface area contributed by atoms with Crippen molar-refractivity contribution in [3.05, 3.63) is 52.7 Å². The van der Waals surface area contributed by atoms with E-state index in [0.29, 0.717) is 0 Å². The lowest BCUT2D eigenvalue weighted by Crippen LogP contribution is -2.26. The predicted molar refractivity (Wildman–Crippen MR) is 72.1 cm³/mol. The molecule has 0 aliphatic heterocycles. The lowest BCUT2D eigenvalue weighted by molar-refractivity contribution is 0.0937. The van der Waals surface area contributed by atoms with Crippen LogP contribution in [-0.4, -0.2) is 11.0 Å². The van der Waals surface area contributed by atoms with Crippen LogP contribution >= 0.6 is 0 Å². The molecule has 106 valence electrons. The van der Waals surface area contributed by atoms with Crippen LogP contribution in [0.2, 0.25) is 0 Å². The van der Waals surface area contributed by atoms with Crippen LogP contribution in [0.5, 0.6) is 5.75 Å². The van der Waals surface area contributed by atoms with Gasteiger partial charge in [-0.1, -0.05) is 0 Å². The molecular weight excluding hydrogens is 261 g/mol. The molecular formula is C15H16FNO3. The Kier molecular flexibility index (Phi) is 3.79. The second-order valence-corrected chi connectivity index (χ2v) is 4.73. The normalized spacial score (nSPS) is 12.2. The van der Waals surface area contributed by atoms with Gasteiger partial charge in [0.1, 0.15) is 23.1 Å². The number of hydrogen-bond donors (Lipinski definition) is 2. The Hall–Kier alpha value is -2.30. The van der Waals surface area contributed by atoms with Gasteiger partial charge in [0, 0.05) is 11.6 Å². The third-order valence-electron chi connectivity index (χ3n) is 3.10. The highest BCUT2D eigenvalue weighted by atomic mass is 19.1. The zero-order valence-corrected chi connectivity index (χ0v) is 11.5. The van der Waals surface area contributed by atoms with Gasteiger partial charge in [-0.2, -0.15) is 0 Å². The summed E-state index contributed by atoms with van der Waals surface area (Å²) in [4.78, 5) is 12.1. The number of amides is 1. The second-order valence-electron chi connectivity index (χ2n) is 4.73. The Morgan fingerprint density at radius 1 is 1.35 bits per heavy atom. The maximum Gasteiger partial charge on any atom is 0.255 e. The first-order valence-electron chi connectivity index (χ1n) is 6.25. The fraction of sp³-hybridized carbons (Fsp3) is 0.267. The van der Waals surface area contributed by atoms with Crippen molar-refractivity contribution in [1.29, 1.82) is 0 Å². The highest BCUT2D eigenvalue weighted by molar-refractivity contribution is 5.97. The van der Waals surface area contributed by atoms with Crippen molar-refractivity contribution in [2.24, 2.45) is 0 Å². The first-order chi connectivity index (χ1) is 9.38. The first-order valence-corrected chi connectivity index (χ1v) is 6.25. The fourth-order valence-corrected chi connectivity index (χ4v) is 2.13. The van der Waals surface area contributed by atoms with Crippen LogP contribution in [0.4, 0.5) is 4.39 Å². The van der Waals surface area contributed by atoms with Gasteiger partial charge in [0.25, 0.3) is 5.91 Å². The number of rotatable bonds is 3. The minimum absolute atomic E-state index is 0.0381. The molecule has 1 aromatic carbocycles. The topological polar surface area (TPSA) is 62.5 Å². The van der Waals surface area contributed by atoms with Crippen LogP contribution in [0.15, 0.2) is 28.7 Å². The number of hydrogen-bond acceptors (Lipinski definition) is 3. The van der Waals surface area contributed by atoms with E-state index in [1.54, 1.807) is 0 Å². The molecule has 0 fully saturated rings. The van der Waals surface area contributed by atoms with Gasteiger partial charge in [-0.25, -0.2) is 4.39 Å². The van der Waals surface area contributed by atoms with E-state index in [-0.39, 0.29) is 17.4 Å². The lowest BCUT2D eigenvalue weighted by Gasteiger charge is -2.13. The van der Waals surface area contributed by atoms with E-state index in [1.165, 1.54) is 6.07 Å². The zero-order valence-electron chi connectivity index (χ0n) is 11.5. The smallest absolute Gasteiger partial charge is 0.255 e. The number of halogens is 1. The first kappa shape index (κ1) is 14.1. The summed E-state index contributed by atoms with van der Waals surface area (Å²) in [6.07, 6.45) is 0. The summed E-state index contributed by atoms with van der Waals surface area (Å²) in [5.74, 6) is 0.0679. The number of carbonyl (C=O) groups excluding carboxylic acids is 1. The van der Waals surface area contributed by atoms with Crippen molar-refractivity contribution >= 4 is 5.91 Å². The minimum atomic E-state index is -0.589. The molecule has 1 amide bonds. The molecule has 0 spiro atoms. The number of benzene rings is 1. The highest BCUT2D eigenvalue weighted by Crippen LogP contribution is 2.23. The Morgan fingerprint density at radius 3 is 2.60 bits per heavy atom. The minimum Gasteiger partial charge on any atom is -0.507 e. The number of furan rings is 1. The van der Waals surface area contributed by atoms with Crippen molar-refractivity contribution in [3.63, 3.8) is 0 Å². The Morgan fingerprint density at radius 2 is 2.05 bits per heavy atom. The van der Waals surface area contributed by atoms with E-state index < -0.39 is 11.7 Å². The molecule has 20 heavy (non-hydrogen) atoms. The van der Waals surface area contributed by atoms with Crippen molar-refractivity contribution in [2.45, 2.75) is 26.8 Å². The molecule has 1 atom stereocenters. The number of phenolic OH excluding ortho intramolecular Hbond substituents is 1. The number of aryl methyl sites for hydroxylation is 2. The van der Waals surface area contributed by atoms with E-state index in [4.69, 9.17) is 4.42 Å². The van der Waals surface area contributed by atoms with E-state index in [0.717, 1.165) is 29.2 Å². The number of aromatic hydroxyl groups is 1. The highest BCUT2D eigenvalue weighted by Gasteiger charge is 2.18. The second kappa shape index (κ2) is 5.36. The van der Waals surface area contributed by atoms with Crippen molar-refractivity contribution in [3.8, 4) is 5.75 Å². The molecule has 1 heterocycles. The Balaban J connectivity index is 2.17. The zero-order chi connectivity index (χ0) is 14.9. The Bertz CT molecular complexity index is 649. The summed E-state index contributed by atoms with van der Waals surface area (Å²) in [7, 11) is 0. The SMILES string of the molecule is Cc1cc(C(C)NC(=O)c2ccc(F)cc2O)c(C)o1. The van der Waals surface area contributed by atoms with Gasteiger partial charge < -0.3 is 14.8 Å². The van der Waals surface area contributed by atoms with E-state index in [2.05, 4.69) is 5.32 Å². The summed E-state index contributed by atoms with van der Waals surface area (Å²) in [6.45, 7) is 5.47. The van der Waals surface area contributed by atoms with Gasteiger partial charge in [0.05, 0.1) is 11.6 Å². The summed E-state index contributed by atoms with van der Waals surface area (Å²) in [5.41, 5.74) is 0.911. The Labute approximate surface area is 116 Å². The third-order valence-corrected chi connectivity index (χ3v) is 3.10. The molecule has 0 bridgehead atoms. The van der Waals surface area contributed by atoms with Crippen LogP contribution in [0.25, 0.3) is 0 Å². The molecule has 1 unspecified atom stereocenters. The third kappa shape index (κ3) is 2.82. The molecule has 0 saturated carbocycles. The summed E-state index contributed by atoms with van der Waals surface area (Å²) < 4.78 is 18.3. The summed E-state index contributed by atoms with van der Waals surface area (Å²) >= 11 is 0. The molecule has 0 radical (unpaired) electrons. The molecule has 4 nitrogen and oxygen atoms in total. The molecule has 0 saturated heterocycles. The van der Waals surface area contributed by atoms with Gasteiger partial charge in [-0.3, -0.25) is 4.79 Å². The van der Waals surface area contributed by atoms with E-state index in [9.17, 15) is 14.3 Å². The van der Waals surface area contributed by atoms with Crippen LogP contribution in [-0.2, 0) is 0 Å². The van der Waals surface area contributed by atoms with Gasteiger partial charge in [0.15, 0.2) is 0 Å². The maximum absolute atomic E-state index is 12.9. The quantitative estimate of drug-likeness (QED) is 0.905. The average Bonchev–Trinajstić information content (AvgIpc) is 2.68. The van der Waals surface area contributed by atoms with Gasteiger partial charge in [-0.05, 0) is 39.0 Å². The van der Waals surface area contributed by atoms with E-state index in [1.807, 2.05) is 26.8 Å².